The number of rotatable bonds is 7. The van der Waals surface area contributed by atoms with E-state index < -0.39 is 0 Å². The fourth-order valence-corrected chi connectivity index (χ4v) is 5.32. The second kappa shape index (κ2) is 8.72. The third-order valence-electron chi connectivity index (χ3n) is 4.46. The number of nitrogens with zero attached hydrogens (tertiary/aromatic N) is 1. The van der Waals surface area contributed by atoms with Gasteiger partial charge in [0.1, 0.15) is 5.37 Å². The van der Waals surface area contributed by atoms with Crippen molar-refractivity contribution in [3.8, 4) is 0 Å². The molecule has 0 N–H and O–H groups in total. The Bertz CT molecular complexity index is 636. The highest BCUT2D eigenvalue weighted by molar-refractivity contribution is 7.99. The summed E-state index contributed by atoms with van der Waals surface area (Å²) < 4.78 is 0. The number of aryl methyl sites for hydroxylation is 1. The van der Waals surface area contributed by atoms with Gasteiger partial charge in [-0.3, -0.25) is 4.79 Å². The lowest BCUT2D eigenvalue weighted by Crippen LogP contribution is -2.30. The van der Waals surface area contributed by atoms with Crippen LogP contribution in [0.4, 0.5) is 0 Å². The first-order valence-electron chi connectivity index (χ1n) is 8.84. The molecule has 2 aromatic rings. The number of benzene rings is 1. The minimum Gasteiger partial charge on any atom is -0.321 e. The summed E-state index contributed by atoms with van der Waals surface area (Å²) in [4.78, 5) is 16.2. The average molecular weight is 360 g/mol. The quantitative estimate of drug-likeness (QED) is 0.586. The van der Waals surface area contributed by atoms with Gasteiger partial charge in [-0.2, -0.15) is 0 Å². The van der Waals surface area contributed by atoms with E-state index in [1.54, 1.807) is 11.3 Å². The van der Waals surface area contributed by atoms with E-state index in [9.17, 15) is 4.79 Å². The number of amides is 1. The van der Waals surface area contributed by atoms with Crippen LogP contribution in [0.1, 0.15) is 58.8 Å². The molecule has 24 heavy (non-hydrogen) atoms. The Labute approximate surface area is 153 Å². The third kappa shape index (κ3) is 4.22. The van der Waals surface area contributed by atoms with Crippen LogP contribution >= 0.6 is 23.1 Å². The Morgan fingerprint density at radius 1 is 1.17 bits per heavy atom. The Hall–Kier alpha value is -1.26. The summed E-state index contributed by atoms with van der Waals surface area (Å²) in [6, 6.07) is 12.5. The number of unbranched alkanes of at least 4 members (excludes halogenated alkanes) is 3. The zero-order valence-corrected chi connectivity index (χ0v) is 15.9. The smallest absolute Gasteiger partial charge is 0.255 e. The Balaban J connectivity index is 1.62. The minimum atomic E-state index is 0.163. The topological polar surface area (TPSA) is 20.3 Å². The molecule has 1 aliphatic heterocycles. The summed E-state index contributed by atoms with van der Waals surface area (Å²) in [7, 11) is 0. The third-order valence-corrected chi connectivity index (χ3v) is 6.77. The molecule has 4 heteroatoms. The summed E-state index contributed by atoms with van der Waals surface area (Å²) in [5.74, 6) is 1.18. The molecular formula is C20H25NOS2. The van der Waals surface area contributed by atoms with Crippen molar-refractivity contribution in [3.05, 3.63) is 57.8 Å². The summed E-state index contributed by atoms with van der Waals surface area (Å²) in [6.07, 6.45) is 6.24. The lowest BCUT2D eigenvalue weighted by molar-refractivity contribution is 0.0762. The van der Waals surface area contributed by atoms with Gasteiger partial charge in [-0.05, 0) is 42.0 Å². The standard InChI is InChI=1S/C20H25NOS2/c1-2-3-4-5-7-16-9-11-17(12-10-16)19(22)21-13-15-24-20(21)18-8-6-14-23-18/h6,8-12,14,20H,2-5,7,13,15H2,1H3/t20-/m1/s1. The highest BCUT2D eigenvalue weighted by Crippen LogP contribution is 2.40. The van der Waals surface area contributed by atoms with Crippen molar-refractivity contribution in [2.45, 2.75) is 44.4 Å². The van der Waals surface area contributed by atoms with E-state index in [4.69, 9.17) is 0 Å². The molecule has 1 aromatic carbocycles. The van der Waals surface area contributed by atoms with Gasteiger partial charge in [0.25, 0.3) is 5.91 Å². The summed E-state index contributed by atoms with van der Waals surface area (Å²) in [6.45, 7) is 3.07. The van der Waals surface area contributed by atoms with Crippen LogP contribution in [0.3, 0.4) is 0 Å². The van der Waals surface area contributed by atoms with Crippen molar-refractivity contribution >= 4 is 29.0 Å². The number of carbonyl (C=O) groups excluding carboxylic acids is 1. The molecule has 0 bridgehead atoms. The fraction of sp³-hybridized carbons (Fsp3) is 0.450. The maximum atomic E-state index is 12.9. The molecule has 1 saturated heterocycles. The van der Waals surface area contributed by atoms with Crippen molar-refractivity contribution in [2.75, 3.05) is 12.3 Å². The average Bonchev–Trinajstić information content (AvgIpc) is 3.29. The van der Waals surface area contributed by atoms with Crippen molar-refractivity contribution in [3.63, 3.8) is 0 Å². The van der Waals surface area contributed by atoms with Crippen LogP contribution in [-0.2, 0) is 6.42 Å². The summed E-state index contributed by atoms with van der Waals surface area (Å²) in [5.41, 5.74) is 2.16. The molecule has 1 aromatic heterocycles. The highest BCUT2D eigenvalue weighted by atomic mass is 32.2. The molecule has 0 unspecified atom stereocenters. The number of hydrogen-bond donors (Lipinski definition) is 0. The fourth-order valence-electron chi connectivity index (χ4n) is 3.08. The monoisotopic (exact) mass is 359 g/mol. The van der Waals surface area contributed by atoms with E-state index in [-0.39, 0.29) is 11.3 Å². The van der Waals surface area contributed by atoms with Gasteiger partial charge in [0.2, 0.25) is 0 Å². The maximum absolute atomic E-state index is 12.9. The summed E-state index contributed by atoms with van der Waals surface area (Å²) in [5, 5.41) is 2.27. The molecule has 0 spiro atoms. The van der Waals surface area contributed by atoms with Gasteiger partial charge in [0.15, 0.2) is 0 Å². The molecule has 1 atom stereocenters. The highest BCUT2D eigenvalue weighted by Gasteiger charge is 2.31. The van der Waals surface area contributed by atoms with Gasteiger partial charge in [0, 0.05) is 22.7 Å². The molecule has 3 rings (SSSR count). The normalized spacial score (nSPS) is 17.4. The first kappa shape index (κ1) is 17.6. The van der Waals surface area contributed by atoms with Crippen molar-refractivity contribution in [1.29, 1.82) is 0 Å². The number of thiophene rings is 1. The first-order valence-corrected chi connectivity index (χ1v) is 10.8. The van der Waals surface area contributed by atoms with E-state index in [0.717, 1.165) is 24.3 Å². The number of hydrogen-bond acceptors (Lipinski definition) is 3. The van der Waals surface area contributed by atoms with E-state index in [2.05, 4.69) is 36.6 Å². The molecule has 0 radical (unpaired) electrons. The Morgan fingerprint density at radius 3 is 2.71 bits per heavy atom. The number of thioether (sulfide) groups is 1. The van der Waals surface area contributed by atoms with Crippen LogP contribution in [-0.4, -0.2) is 23.1 Å². The second-order valence-electron chi connectivity index (χ2n) is 6.24. The molecule has 128 valence electrons. The molecule has 1 fully saturated rings. The van der Waals surface area contributed by atoms with E-state index in [1.807, 2.05) is 28.8 Å². The predicted molar refractivity (Wildman–Crippen MR) is 105 cm³/mol. The van der Waals surface area contributed by atoms with Gasteiger partial charge in [-0.25, -0.2) is 0 Å². The van der Waals surface area contributed by atoms with Crippen molar-refractivity contribution < 1.29 is 4.79 Å². The molecule has 1 aliphatic rings. The Morgan fingerprint density at radius 2 is 2.00 bits per heavy atom. The number of carbonyl (C=O) groups is 1. The maximum Gasteiger partial charge on any atom is 0.255 e. The van der Waals surface area contributed by atoms with E-state index in [1.165, 1.54) is 36.1 Å². The van der Waals surface area contributed by atoms with Crippen LogP contribution in [0.15, 0.2) is 41.8 Å². The minimum absolute atomic E-state index is 0.163. The van der Waals surface area contributed by atoms with Gasteiger partial charge in [-0.15, -0.1) is 23.1 Å². The van der Waals surface area contributed by atoms with Gasteiger partial charge in [-0.1, -0.05) is 44.4 Å². The van der Waals surface area contributed by atoms with Crippen LogP contribution in [0.2, 0.25) is 0 Å². The van der Waals surface area contributed by atoms with Gasteiger partial charge in [0.05, 0.1) is 0 Å². The van der Waals surface area contributed by atoms with Crippen LogP contribution < -0.4 is 0 Å². The lowest BCUT2D eigenvalue weighted by Gasteiger charge is -2.23. The van der Waals surface area contributed by atoms with Gasteiger partial charge < -0.3 is 4.90 Å². The SMILES string of the molecule is CCCCCCc1ccc(C(=O)N2CCS[C@@H]2c2cccs2)cc1. The molecular weight excluding hydrogens is 334 g/mol. The van der Waals surface area contributed by atoms with E-state index in [0.29, 0.717) is 0 Å². The summed E-state index contributed by atoms with van der Waals surface area (Å²) >= 11 is 3.60. The lowest BCUT2D eigenvalue weighted by atomic mass is 10.0. The van der Waals surface area contributed by atoms with Crippen LogP contribution in [0, 0.1) is 0 Å². The van der Waals surface area contributed by atoms with E-state index >= 15 is 0 Å². The van der Waals surface area contributed by atoms with Gasteiger partial charge >= 0.3 is 0 Å². The van der Waals surface area contributed by atoms with Crippen LogP contribution in [0.25, 0.3) is 0 Å². The second-order valence-corrected chi connectivity index (χ2v) is 8.41. The zero-order valence-electron chi connectivity index (χ0n) is 14.2. The molecule has 0 saturated carbocycles. The molecule has 2 nitrogen and oxygen atoms in total. The van der Waals surface area contributed by atoms with Crippen molar-refractivity contribution in [1.82, 2.24) is 4.90 Å². The first-order chi connectivity index (χ1) is 11.8. The zero-order chi connectivity index (χ0) is 16.8. The molecule has 1 amide bonds. The molecule has 2 heterocycles. The predicted octanol–water partition coefficient (Wildman–Crippen LogP) is 5.76. The van der Waals surface area contributed by atoms with Crippen LogP contribution in [0.5, 0.6) is 0 Å². The van der Waals surface area contributed by atoms with Crippen molar-refractivity contribution in [2.24, 2.45) is 0 Å². The molecule has 0 aliphatic carbocycles. The largest absolute Gasteiger partial charge is 0.321 e. The Kier molecular flexibility index (Phi) is 6.38.